The van der Waals surface area contributed by atoms with Gasteiger partial charge in [-0.05, 0) is 43.2 Å². The fourth-order valence-electron chi connectivity index (χ4n) is 2.09. The normalized spacial score (nSPS) is 12.0. The van der Waals surface area contributed by atoms with Crippen LogP contribution in [0, 0.1) is 0 Å². The number of nitrogens with two attached hydrogens (primary N) is 1. The number of hydrogen-bond donors (Lipinski definition) is 1. The summed E-state index contributed by atoms with van der Waals surface area (Å²) in [5.41, 5.74) is 8.04. The van der Waals surface area contributed by atoms with Crippen molar-refractivity contribution < 1.29 is 4.74 Å². The van der Waals surface area contributed by atoms with Gasteiger partial charge in [0.15, 0.2) is 0 Å². The topological polar surface area (TPSA) is 38.5 Å². The van der Waals surface area contributed by atoms with E-state index in [-0.39, 0.29) is 6.04 Å². The first-order chi connectivity index (χ1) is 9.95. The zero-order chi connectivity index (χ0) is 15.4. The molecule has 112 valence electrons. The zero-order valence-electron chi connectivity index (χ0n) is 12.6. The molecule has 0 saturated heterocycles. The lowest BCUT2D eigenvalue weighted by atomic mass is 10.1. The predicted octanol–water partition coefficient (Wildman–Crippen LogP) is 4.09. The lowest BCUT2D eigenvalue weighted by Gasteiger charge is -2.16. The van der Waals surface area contributed by atoms with Crippen LogP contribution in [0.3, 0.4) is 0 Å². The smallest absolute Gasteiger partial charge is 0.132 e. The third kappa shape index (κ3) is 4.38. The Labute approximate surface area is 131 Å². The average Bonchev–Trinajstić information content (AvgIpc) is 2.42. The first-order valence-electron chi connectivity index (χ1n) is 6.95. The number of halogens is 1. The lowest BCUT2D eigenvalue weighted by Crippen LogP contribution is -2.18. The van der Waals surface area contributed by atoms with Crippen LogP contribution in [0.5, 0.6) is 11.5 Å². The van der Waals surface area contributed by atoms with Crippen molar-refractivity contribution in [1.29, 1.82) is 0 Å². The first-order valence-corrected chi connectivity index (χ1v) is 7.33. The Morgan fingerprint density at radius 3 is 2.62 bits per heavy atom. The summed E-state index contributed by atoms with van der Waals surface area (Å²) in [6.45, 7) is 1.98. The SMILES string of the molecule is CC(N)Cc1ccc(Cl)cc1Oc1cccc(N(C)C)c1. The monoisotopic (exact) mass is 304 g/mol. The van der Waals surface area contributed by atoms with Crippen LogP contribution in [0.2, 0.25) is 5.02 Å². The Balaban J connectivity index is 2.29. The second-order valence-corrected chi connectivity index (χ2v) is 5.86. The largest absolute Gasteiger partial charge is 0.457 e. The van der Waals surface area contributed by atoms with Crippen molar-refractivity contribution in [3.63, 3.8) is 0 Å². The van der Waals surface area contributed by atoms with E-state index in [1.807, 2.05) is 68.4 Å². The maximum Gasteiger partial charge on any atom is 0.132 e. The molecular formula is C17H21ClN2O. The maximum atomic E-state index is 6.08. The van der Waals surface area contributed by atoms with Gasteiger partial charge in [-0.2, -0.15) is 0 Å². The quantitative estimate of drug-likeness (QED) is 0.904. The first kappa shape index (κ1) is 15.7. The Bertz CT molecular complexity index is 611. The van der Waals surface area contributed by atoms with Crippen LogP contribution in [0.25, 0.3) is 0 Å². The third-order valence-electron chi connectivity index (χ3n) is 3.13. The summed E-state index contributed by atoms with van der Waals surface area (Å²) in [6.07, 6.45) is 0.750. The van der Waals surface area contributed by atoms with E-state index in [1.54, 1.807) is 0 Å². The molecule has 0 aliphatic rings. The van der Waals surface area contributed by atoms with Crippen molar-refractivity contribution in [2.45, 2.75) is 19.4 Å². The van der Waals surface area contributed by atoms with Crippen LogP contribution >= 0.6 is 11.6 Å². The molecule has 21 heavy (non-hydrogen) atoms. The van der Waals surface area contributed by atoms with Crippen LogP contribution in [0.15, 0.2) is 42.5 Å². The molecule has 0 fully saturated rings. The summed E-state index contributed by atoms with van der Waals surface area (Å²) in [5, 5.41) is 0.655. The molecule has 0 heterocycles. The molecule has 0 radical (unpaired) electrons. The summed E-state index contributed by atoms with van der Waals surface area (Å²) in [7, 11) is 4.00. The van der Waals surface area contributed by atoms with Gasteiger partial charge in [-0.3, -0.25) is 0 Å². The Morgan fingerprint density at radius 2 is 1.95 bits per heavy atom. The minimum Gasteiger partial charge on any atom is -0.457 e. The van der Waals surface area contributed by atoms with Crippen LogP contribution in [-0.4, -0.2) is 20.1 Å². The Hall–Kier alpha value is -1.71. The van der Waals surface area contributed by atoms with E-state index < -0.39 is 0 Å². The summed E-state index contributed by atoms with van der Waals surface area (Å²) in [6, 6.07) is 13.7. The molecule has 0 aliphatic heterocycles. The molecule has 2 aromatic rings. The second-order valence-electron chi connectivity index (χ2n) is 5.43. The summed E-state index contributed by atoms with van der Waals surface area (Å²) >= 11 is 6.08. The molecule has 3 nitrogen and oxygen atoms in total. The standard InChI is InChI=1S/C17H21ClN2O/c1-12(19)9-13-7-8-14(18)10-17(13)21-16-6-4-5-15(11-16)20(2)3/h4-8,10-12H,9,19H2,1-3H3. The molecular weight excluding hydrogens is 284 g/mol. The van der Waals surface area contributed by atoms with Crippen molar-refractivity contribution in [2.24, 2.45) is 5.73 Å². The maximum absolute atomic E-state index is 6.08. The molecule has 2 aromatic carbocycles. The second kappa shape index (κ2) is 6.83. The molecule has 0 bridgehead atoms. The number of ether oxygens (including phenoxy) is 1. The van der Waals surface area contributed by atoms with E-state index in [1.165, 1.54) is 0 Å². The molecule has 0 amide bonds. The van der Waals surface area contributed by atoms with Gasteiger partial charge in [-0.1, -0.05) is 23.7 Å². The van der Waals surface area contributed by atoms with Crippen molar-refractivity contribution >= 4 is 17.3 Å². The summed E-state index contributed by atoms with van der Waals surface area (Å²) in [4.78, 5) is 2.04. The number of hydrogen-bond acceptors (Lipinski definition) is 3. The fraction of sp³-hybridized carbons (Fsp3) is 0.294. The van der Waals surface area contributed by atoms with Gasteiger partial charge in [0.05, 0.1) is 0 Å². The van der Waals surface area contributed by atoms with Gasteiger partial charge in [0.25, 0.3) is 0 Å². The highest BCUT2D eigenvalue weighted by molar-refractivity contribution is 6.30. The van der Waals surface area contributed by atoms with Crippen LogP contribution in [-0.2, 0) is 6.42 Å². The fourth-order valence-corrected chi connectivity index (χ4v) is 2.25. The summed E-state index contributed by atoms with van der Waals surface area (Å²) < 4.78 is 6.02. The molecule has 1 unspecified atom stereocenters. The van der Waals surface area contributed by atoms with Crippen molar-refractivity contribution in [3.05, 3.63) is 53.1 Å². The number of rotatable bonds is 5. The van der Waals surface area contributed by atoms with Crippen LogP contribution < -0.4 is 15.4 Å². The highest BCUT2D eigenvalue weighted by Gasteiger charge is 2.09. The van der Waals surface area contributed by atoms with Gasteiger partial charge in [-0.15, -0.1) is 0 Å². The van der Waals surface area contributed by atoms with Crippen molar-refractivity contribution in [2.75, 3.05) is 19.0 Å². The van der Waals surface area contributed by atoms with E-state index in [2.05, 4.69) is 0 Å². The van der Waals surface area contributed by atoms with Gasteiger partial charge in [0, 0.05) is 36.9 Å². The van der Waals surface area contributed by atoms with E-state index in [4.69, 9.17) is 22.1 Å². The molecule has 4 heteroatoms. The Kier molecular flexibility index (Phi) is 5.10. The molecule has 0 aliphatic carbocycles. The highest BCUT2D eigenvalue weighted by atomic mass is 35.5. The summed E-state index contributed by atoms with van der Waals surface area (Å²) in [5.74, 6) is 1.55. The molecule has 0 saturated carbocycles. The number of nitrogens with zero attached hydrogens (tertiary/aromatic N) is 1. The van der Waals surface area contributed by atoms with E-state index in [9.17, 15) is 0 Å². The van der Waals surface area contributed by atoms with Gasteiger partial charge in [-0.25, -0.2) is 0 Å². The number of anilines is 1. The predicted molar refractivity (Wildman–Crippen MR) is 89.6 cm³/mol. The minimum atomic E-state index is 0.0710. The van der Waals surface area contributed by atoms with Gasteiger partial charge in [0.2, 0.25) is 0 Å². The van der Waals surface area contributed by atoms with Gasteiger partial charge in [0.1, 0.15) is 11.5 Å². The molecule has 2 N–H and O–H groups in total. The van der Waals surface area contributed by atoms with E-state index >= 15 is 0 Å². The molecule has 0 spiro atoms. The zero-order valence-corrected chi connectivity index (χ0v) is 13.4. The minimum absolute atomic E-state index is 0.0710. The molecule has 1 atom stereocenters. The third-order valence-corrected chi connectivity index (χ3v) is 3.37. The van der Waals surface area contributed by atoms with Crippen LogP contribution in [0.4, 0.5) is 5.69 Å². The lowest BCUT2D eigenvalue weighted by molar-refractivity contribution is 0.474. The molecule has 0 aromatic heterocycles. The molecule has 2 rings (SSSR count). The highest BCUT2D eigenvalue weighted by Crippen LogP contribution is 2.30. The Morgan fingerprint density at radius 1 is 1.19 bits per heavy atom. The van der Waals surface area contributed by atoms with Crippen LogP contribution in [0.1, 0.15) is 12.5 Å². The van der Waals surface area contributed by atoms with E-state index in [0.717, 1.165) is 29.2 Å². The van der Waals surface area contributed by atoms with E-state index in [0.29, 0.717) is 5.02 Å². The van der Waals surface area contributed by atoms with Gasteiger partial charge >= 0.3 is 0 Å². The van der Waals surface area contributed by atoms with Crippen molar-refractivity contribution in [3.8, 4) is 11.5 Å². The van der Waals surface area contributed by atoms with Crippen molar-refractivity contribution in [1.82, 2.24) is 0 Å². The average molecular weight is 305 g/mol. The van der Waals surface area contributed by atoms with Gasteiger partial charge < -0.3 is 15.4 Å². The number of benzene rings is 2.